The average Bonchev–Trinajstić information content (AvgIpc) is 2.38. The van der Waals surface area contributed by atoms with Gasteiger partial charge in [-0.2, -0.15) is 5.26 Å². The van der Waals surface area contributed by atoms with Crippen LogP contribution in [0.4, 0.5) is 0 Å². The summed E-state index contributed by atoms with van der Waals surface area (Å²) in [4.78, 5) is 10.5. The molecule has 108 valence electrons. The second kappa shape index (κ2) is 6.87. The Kier molecular flexibility index (Phi) is 5.76. The van der Waals surface area contributed by atoms with Gasteiger partial charge < -0.3 is 5.11 Å². The SMILES string of the molecule is CCC(C#N)S(=O)(=O)N1CCCC(CCC(=O)O)C1. The Morgan fingerprint density at radius 3 is 2.79 bits per heavy atom. The Morgan fingerprint density at radius 2 is 2.26 bits per heavy atom. The Balaban J connectivity index is 2.69. The summed E-state index contributed by atoms with van der Waals surface area (Å²) in [5, 5.41) is 16.6. The molecule has 1 rings (SSSR count). The highest BCUT2D eigenvalue weighted by Gasteiger charge is 2.34. The number of nitrogens with zero attached hydrogens (tertiary/aromatic N) is 2. The van der Waals surface area contributed by atoms with Gasteiger partial charge in [-0.1, -0.05) is 6.92 Å². The summed E-state index contributed by atoms with van der Waals surface area (Å²) >= 11 is 0. The van der Waals surface area contributed by atoms with Crippen molar-refractivity contribution in [1.82, 2.24) is 4.31 Å². The fourth-order valence-electron chi connectivity index (χ4n) is 2.37. The van der Waals surface area contributed by atoms with E-state index < -0.39 is 21.2 Å². The number of hydrogen-bond donors (Lipinski definition) is 1. The molecule has 1 aliphatic heterocycles. The summed E-state index contributed by atoms with van der Waals surface area (Å²) in [6, 6.07) is 1.83. The highest BCUT2D eigenvalue weighted by Crippen LogP contribution is 2.25. The first-order chi connectivity index (χ1) is 8.91. The predicted molar refractivity (Wildman–Crippen MR) is 69.8 cm³/mol. The third-order valence-electron chi connectivity index (χ3n) is 3.48. The van der Waals surface area contributed by atoms with E-state index >= 15 is 0 Å². The molecule has 0 amide bonds. The molecule has 0 aromatic rings. The van der Waals surface area contributed by atoms with E-state index in [4.69, 9.17) is 10.4 Å². The summed E-state index contributed by atoms with van der Waals surface area (Å²) in [6.07, 6.45) is 2.40. The van der Waals surface area contributed by atoms with Crippen LogP contribution in [0.2, 0.25) is 0 Å². The molecule has 7 heteroatoms. The number of rotatable bonds is 6. The number of sulfonamides is 1. The van der Waals surface area contributed by atoms with E-state index in [1.165, 1.54) is 4.31 Å². The molecule has 2 unspecified atom stereocenters. The molecule has 0 radical (unpaired) electrons. The predicted octanol–water partition coefficient (Wildman–Crippen LogP) is 1.20. The molecule has 0 aromatic heterocycles. The topological polar surface area (TPSA) is 98.5 Å². The quantitative estimate of drug-likeness (QED) is 0.791. The minimum atomic E-state index is -3.57. The van der Waals surface area contributed by atoms with Gasteiger partial charge in [0.1, 0.15) is 0 Å². The maximum absolute atomic E-state index is 12.2. The summed E-state index contributed by atoms with van der Waals surface area (Å²) in [5.41, 5.74) is 0. The first-order valence-corrected chi connectivity index (χ1v) is 8.02. The van der Waals surface area contributed by atoms with Gasteiger partial charge in [0.15, 0.2) is 5.25 Å². The van der Waals surface area contributed by atoms with Crippen LogP contribution in [0, 0.1) is 17.2 Å². The number of piperidine rings is 1. The number of nitriles is 1. The van der Waals surface area contributed by atoms with Crippen LogP contribution in [-0.2, 0) is 14.8 Å². The maximum Gasteiger partial charge on any atom is 0.303 e. The van der Waals surface area contributed by atoms with Gasteiger partial charge >= 0.3 is 5.97 Å². The van der Waals surface area contributed by atoms with Crippen molar-refractivity contribution in [3.05, 3.63) is 0 Å². The molecule has 1 heterocycles. The number of hydrogen-bond acceptors (Lipinski definition) is 4. The molecule has 1 N–H and O–H groups in total. The molecule has 2 atom stereocenters. The Morgan fingerprint density at radius 1 is 1.58 bits per heavy atom. The third kappa shape index (κ3) is 4.18. The third-order valence-corrected chi connectivity index (χ3v) is 5.69. The first kappa shape index (κ1) is 15.9. The molecule has 0 aliphatic carbocycles. The zero-order chi connectivity index (χ0) is 14.5. The molecular formula is C12H20N2O4S. The van der Waals surface area contributed by atoms with Crippen LogP contribution in [0.1, 0.15) is 39.0 Å². The van der Waals surface area contributed by atoms with E-state index in [1.807, 2.05) is 6.07 Å². The van der Waals surface area contributed by atoms with Crippen molar-refractivity contribution in [1.29, 1.82) is 5.26 Å². The smallest absolute Gasteiger partial charge is 0.303 e. The fourth-order valence-corrected chi connectivity index (χ4v) is 4.09. The molecule has 0 saturated carbocycles. The minimum Gasteiger partial charge on any atom is -0.481 e. The molecular weight excluding hydrogens is 268 g/mol. The fraction of sp³-hybridized carbons (Fsp3) is 0.833. The van der Waals surface area contributed by atoms with E-state index in [9.17, 15) is 13.2 Å². The largest absolute Gasteiger partial charge is 0.481 e. The van der Waals surface area contributed by atoms with Crippen molar-refractivity contribution < 1.29 is 18.3 Å². The van der Waals surface area contributed by atoms with Gasteiger partial charge in [-0.25, -0.2) is 12.7 Å². The molecule has 6 nitrogen and oxygen atoms in total. The van der Waals surface area contributed by atoms with Crippen LogP contribution in [-0.4, -0.2) is 42.1 Å². The standard InChI is InChI=1S/C12H20N2O4S/c1-2-11(8-13)19(17,18)14-7-3-4-10(9-14)5-6-12(15)16/h10-11H,2-7,9H2,1H3,(H,15,16). The van der Waals surface area contributed by atoms with Crippen LogP contribution >= 0.6 is 0 Å². The number of carboxylic acid groups (broad SMARTS) is 1. The minimum absolute atomic E-state index is 0.0635. The monoisotopic (exact) mass is 288 g/mol. The van der Waals surface area contributed by atoms with Gasteiger partial charge in [0.2, 0.25) is 10.0 Å². The number of carbonyl (C=O) groups is 1. The average molecular weight is 288 g/mol. The van der Waals surface area contributed by atoms with E-state index in [0.717, 1.165) is 12.8 Å². The van der Waals surface area contributed by atoms with Crippen molar-refractivity contribution in [2.75, 3.05) is 13.1 Å². The Bertz CT molecular complexity index is 455. The highest BCUT2D eigenvalue weighted by molar-refractivity contribution is 7.90. The number of carboxylic acids is 1. The normalized spacial score (nSPS) is 22.6. The van der Waals surface area contributed by atoms with E-state index in [0.29, 0.717) is 19.5 Å². The lowest BCUT2D eigenvalue weighted by molar-refractivity contribution is -0.137. The van der Waals surface area contributed by atoms with Gasteiger partial charge in [-0.05, 0) is 31.6 Å². The van der Waals surface area contributed by atoms with Crippen molar-refractivity contribution >= 4 is 16.0 Å². The van der Waals surface area contributed by atoms with Crippen molar-refractivity contribution in [2.24, 2.45) is 5.92 Å². The zero-order valence-corrected chi connectivity index (χ0v) is 11.9. The van der Waals surface area contributed by atoms with Crippen LogP contribution < -0.4 is 0 Å². The van der Waals surface area contributed by atoms with Crippen molar-refractivity contribution in [3.63, 3.8) is 0 Å². The van der Waals surface area contributed by atoms with E-state index in [-0.39, 0.29) is 18.8 Å². The van der Waals surface area contributed by atoms with Crippen molar-refractivity contribution in [3.8, 4) is 6.07 Å². The van der Waals surface area contributed by atoms with Crippen LogP contribution in [0.25, 0.3) is 0 Å². The zero-order valence-electron chi connectivity index (χ0n) is 11.1. The molecule has 1 fully saturated rings. The molecule has 1 saturated heterocycles. The molecule has 0 aromatic carbocycles. The molecule has 19 heavy (non-hydrogen) atoms. The van der Waals surface area contributed by atoms with Gasteiger partial charge in [0.05, 0.1) is 6.07 Å². The first-order valence-electron chi connectivity index (χ1n) is 6.52. The van der Waals surface area contributed by atoms with Gasteiger partial charge in [0, 0.05) is 19.5 Å². The molecule has 1 aliphatic rings. The lowest BCUT2D eigenvalue weighted by atomic mass is 9.95. The van der Waals surface area contributed by atoms with Gasteiger partial charge in [-0.15, -0.1) is 0 Å². The molecule has 0 bridgehead atoms. The summed E-state index contributed by atoms with van der Waals surface area (Å²) in [5.74, 6) is -0.778. The molecule has 0 spiro atoms. The highest BCUT2D eigenvalue weighted by atomic mass is 32.2. The summed E-state index contributed by atoms with van der Waals surface area (Å²) in [7, 11) is -3.57. The Hall–Kier alpha value is -1.13. The van der Waals surface area contributed by atoms with Gasteiger partial charge in [-0.3, -0.25) is 4.79 Å². The van der Waals surface area contributed by atoms with E-state index in [1.54, 1.807) is 6.92 Å². The second-order valence-electron chi connectivity index (χ2n) is 4.87. The lowest BCUT2D eigenvalue weighted by Gasteiger charge is -2.32. The van der Waals surface area contributed by atoms with Crippen LogP contribution in [0.3, 0.4) is 0 Å². The van der Waals surface area contributed by atoms with Gasteiger partial charge in [0.25, 0.3) is 0 Å². The van der Waals surface area contributed by atoms with Crippen LogP contribution in [0.15, 0.2) is 0 Å². The lowest BCUT2D eigenvalue weighted by Crippen LogP contribution is -2.44. The summed E-state index contributed by atoms with van der Waals surface area (Å²) < 4.78 is 25.8. The Labute approximate surface area is 114 Å². The number of aliphatic carboxylic acids is 1. The van der Waals surface area contributed by atoms with E-state index in [2.05, 4.69) is 0 Å². The van der Waals surface area contributed by atoms with Crippen LogP contribution in [0.5, 0.6) is 0 Å². The second-order valence-corrected chi connectivity index (χ2v) is 6.98. The van der Waals surface area contributed by atoms with Crippen molar-refractivity contribution in [2.45, 2.75) is 44.3 Å². The maximum atomic E-state index is 12.2. The summed E-state index contributed by atoms with van der Waals surface area (Å²) in [6.45, 7) is 2.45.